The first-order valence-electron chi connectivity index (χ1n) is 7.05. The Morgan fingerprint density at radius 2 is 1.96 bits per heavy atom. The molecule has 11 heteroatoms. The highest BCUT2D eigenvalue weighted by Gasteiger charge is 2.17. The number of halogens is 3. The van der Waals surface area contributed by atoms with Gasteiger partial charge in [0.25, 0.3) is 11.5 Å². The molecule has 0 aliphatic rings. The molecule has 0 spiro atoms. The van der Waals surface area contributed by atoms with Crippen LogP contribution in [0.1, 0.15) is 10.4 Å². The van der Waals surface area contributed by atoms with E-state index in [1.54, 1.807) is 5.38 Å². The van der Waals surface area contributed by atoms with E-state index in [1.165, 1.54) is 21.9 Å². The highest BCUT2D eigenvalue weighted by atomic mass is 32.1. The van der Waals surface area contributed by atoms with Gasteiger partial charge in [-0.05, 0) is 12.1 Å². The van der Waals surface area contributed by atoms with Crippen molar-refractivity contribution < 1.29 is 22.8 Å². The van der Waals surface area contributed by atoms with Gasteiger partial charge in [0.1, 0.15) is 5.56 Å². The molecule has 0 aliphatic carbocycles. The fourth-order valence-corrected chi connectivity index (χ4v) is 2.73. The lowest BCUT2D eigenvalue weighted by Crippen LogP contribution is -2.36. The summed E-state index contributed by atoms with van der Waals surface area (Å²) in [7, 11) is 0. The van der Waals surface area contributed by atoms with Crippen LogP contribution in [0.5, 0.6) is 0 Å². The van der Waals surface area contributed by atoms with Crippen LogP contribution in [0.4, 0.5) is 18.9 Å². The number of hydrogen-bond acceptors (Lipinski definition) is 5. The molecule has 7 nitrogen and oxygen atoms in total. The number of rotatable bonds is 4. The maximum absolute atomic E-state index is 13.5. The summed E-state index contributed by atoms with van der Waals surface area (Å²) in [4.78, 5) is 40.2. The summed E-state index contributed by atoms with van der Waals surface area (Å²) in [6, 6.07) is 1.49. The molecule has 0 atom stereocenters. The molecule has 2 amide bonds. The van der Waals surface area contributed by atoms with Crippen molar-refractivity contribution in [2.45, 2.75) is 0 Å². The van der Waals surface area contributed by atoms with E-state index in [1.807, 2.05) is 5.32 Å². The first-order valence-corrected chi connectivity index (χ1v) is 7.93. The zero-order chi connectivity index (χ0) is 18.8. The minimum Gasteiger partial charge on any atom is -0.343 e. The van der Waals surface area contributed by atoms with E-state index in [0.717, 1.165) is 12.3 Å². The van der Waals surface area contributed by atoms with Gasteiger partial charge in [-0.3, -0.25) is 18.8 Å². The molecule has 134 valence electrons. The standard InChI is InChI=1S/C15H9F3N4O3S/c16-8-1-2-9(12(18)11(8)17)21-10(23)6-19-13(24)7-5-20-15-22(14(7)25)3-4-26-15/h1-5H,6H2,(H,19,24)(H,21,23). The molecule has 0 radical (unpaired) electrons. The number of fused-ring (bicyclic) bond motifs is 1. The first kappa shape index (κ1) is 17.6. The summed E-state index contributed by atoms with van der Waals surface area (Å²) in [5.74, 6) is -6.44. The third kappa shape index (κ3) is 3.28. The van der Waals surface area contributed by atoms with Crippen LogP contribution < -0.4 is 16.2 Å². The molecule has 3 aromatic rings. The molecular formula is C15H9F3N4O3S. The fourth-order valence-electron chi connectivity index (χ4n) is 2.05. The molecule has 0 aliphatic heterocycles. The summed E-state index contributed by atoms with van der Waals surface area (Å²) in [6.45, 7) is -0.622. The maximum atomic E-state index is 13.5. The topological polar surface area (TPSA) is 92.6 Å². The third-order valence-electron chi connectivity index (χ3n) is 3.31. The van der Waals surface area contributed by atoms with Crippen LogP contribution in [0.3, 0.4) is 0 Å². The van der Waals surface area contributed by atoms with E-state index in [-0.39, 0.29) is 5.56 Å². The smallest absolute Gasteiger partial charge is 0.271 e. The lowest BCUT2D eigenvalue weighted by atomic mass is 10.2. The molecular weight excluding hydrogens is 373 g/mol. The fraction of sp³-hybridized carbons (Fsp3) is 0.0667. The molecule has 3 rings (SSSR count). The lowest BCUT2D eigenvalue weighted by molar-refractivity contribution is -0.115. The van der Waals surface area contributed by atoms with E-state index in [0.29, 0.717) is 11.0 Å². The van der Waals surface area contributed by atoms with Gasteiger partial charge in [-0.2, -0.15) is 0 Å². The van der Waals surface area contributed by atoms with Gasteiger partial charge in [0, 0.05) is 17.8 Å². The molecule has 0 saturated heterocycles. The van der Waals surface area contributed by atoms with Crippen LogP contribution in [0.15, 0.2) is 34.7 Å². The van der Waals surface area contributed by atoms with Crippen LogP contribution in [0, 0.1) is 17.5 Å². The molecule has 2 N–H and O–H groups in total. The summed E-state index contributed by atoms with van der Waals surface area (Å²) in [5.41, 5.74) is -1.47. The van der Waals surface area contributed by atoms with E-state index in [4.69, 9.17) is 0 Å². The van der Waals surface area contributed by atoms with Gasteiger partial charge in [-0.15, -0.1) is 11.3 Å². The molecule has 26 heavy (non-hydrogen) atoms. The monoisotopic (exact) mass is 382 g/mol. The number of thiazole rings is 1. The van der Waals surface area contributed by atoms with Crippen molar-refractivity contribution in [3.8, 4) is 0 Å². The Hall–Kier alpha value is -3.21. The second kappa shape index (κ2) is 6.96. The Kier molecular flexibility index (Phi) is 4.71. The van der Waals surface area contributed by atoms with Gasteiger partial charge in [0.05, 0.1) is 12.2 Å². The zero-order valence-corrected chi connectivity index (χ0v) is 13.6. The number of aromatic nitrogens is 2. The minimum atomic E-state index is -1.73. The number of carbonyl (C=O) groups is 2. The zero-order valence-electron chi connectivity index (χ0n) is 12.8. The highest BCUT2D eigenvalue weighted by molar-refractivity contribution is 7.15. The predicted octanol–water partition coefficient (Wildman–Crippen LogP) is 1.54. The van der Waals surface area contributed by atoms with Gasteiger partial charge in [0.2, 0.25) is 5.91 Å². The van der Waals surface area contributed by atoms with Gasteiger partial charge in [0.15, 0.2) is 22.4 Å². The first-order chi connectivity index (χ1) is 12.4. The average molecular weight is 382 g/mol. The van der Waals surface area contributed by atoms with Gasteiger partial charge >= 0.3 is 0 Å². The van der Waals surface area contributed by atoms with E-state index >= 15 is 0 Å². The predicted molar refractivity (Wildman–Crippen MR) is 86.6 cm³/mol. The van der Waals surface area contributed by atoms with Crippen LogP contribution >= 0.6 is 11.3 Å². The maximum Gasteiger partial charge on any atom is 0.271 e. The Morgan fingerprint density at radius 3 is 2.73 bits per heavy atom. The number of nitrogens with zero attached hydrogens (tertiary/aromatic N) is 2. The summed E-state index contributed by atoms with van der Waals surface area (Å²) < 4.78 is 40.6. The lowest BCUT2D eigenvalue weighted by Gasteiger charge is -2.08. The van der Waals surface area contributed by atoms with Crippen molar-refractivity contribution in [2.24, 2.45) is 0 Å². The minimum absolute atomic E-state index is 0.285. The van der Waals surface area contributed by atoms with Crippen molar-refractivity contribution in [1.29, 1.82) is 0 Å². The van der Waals surface area contributed by atoms with Crippen LogP contribution in [0.25, 0.3) is 4.96 Å². The van der Waals surface area contributed by atoms with E-state index in [9.17, 15) is 27.6 Å². The van der Waals surface area contributed by atoms with Crippen LogP contribution in [-0.4, -0.2) is 27.7 Å². The molecule has 0 bridgehead atoms. The van der Waals surface area contributed by atoms with E-state index in [2.05, 4.69) is 10.3 Å². The summed E-state index contributed by atoms with van der Waals surface area (Å²) in [5, 5.41) is 5.78. The number of benzene rings is 1. The summed E-state index contributed by atoms with van der Waals surface area (Å²) >= 11 is 1.21. The number of amides is 2. The van der Waals surface area contributed by atoms with Crippen LogP contribution in [-0.2, 0) is 4.79 Å². The Morgan fingerprint density at radius 1 is 1.19 bits per heavy atom. The third-order valence-corrected chi connectivity index (χ3v) is 4.08. The number of hydrogen-bond donors (Lipinski definition) is 2. The Labute approximate surface area is 147 Å². The number of nitrogens with one attached hydrogen (secondary N) is 2. The van der Waals surface area contributed by atoms with Crippen molar-refractivity contribution in [3.05, 3.63) is 63.3 Å². The quantitative estimate of drug-likeness (QED) is 0.670. The normalized spacial score (nSPS) is 10.7. The molecule has 0 saturated carbocycles. The number of carbonyl (C=O) groups excluding carboxylic acids is 2. The largest absolute Gasteiger partial charge is 0.343 e. The molecule has 0 fully saturated rings. The van der Waals surface area contributed by atoms with Gasteiger partial charge < -0.3 is 10.6 Å². The van der Waals surface area contributed by atoms with E-state index < -0.39 is 47.1 Å². The van der Waals surface area contributed by atoms with Crippen molar-refractivity contribution in [2.75, 3.05) is 11.9 Å². The van der Waals surface area contributed by atoms with Crippen molar-refractivity contribution in [3.63, 3.8) is 0 Å². The average Bonchev–Trinajstić information content (AvgIpc) is 3.10. The van der Waals surface area contributed by atoms with Crippen molar-refractivity contribution >= 4 is 33.8 Å². The second-order valence-corrected chi connectivity index (χ2v) is 5.86. The number of anilines is 1. The van der Waals surface area contributed by atoms with Crippen molar-refractivity contribution in [1.82, 2.24) is 14.7 Å². The van der Waals surface area contributed by atoms with Gasteiger partial charge in [-0.25, -0.2) is 18.2 Å². The molecule has 0 unspecified atom stereocenters. The SMILES string of the molecule is O=C(CNC(=O)c1cnc2sccn2c1=O)Nc1ccc(F)c(F)c1F. The molecule has 1 aromatic carbocycles. The molecule has 2 heterocycles. The Bertz CT molecular complexity index is 1080. The highest BCUT2D eigenvalue weighted by Crippen LogP contribution is 2.19. The van der Waals surface area contributed by atoms with Gasteiger partial charge in [-0.1, -0.05) is 0 Å². The Balaban J connectivity index is 1.67. The summed E-state index contributed by atoms with van der Waals surface area (Å²) in [6.07, 6.45) is 2.53. The second-order valence-electron chi connectivity index (χ2n) is 4.99. The molecule has 2 aromatic heterocycles. The van der Waals surface area contributed by atoms with Crippen LogP contribution in [0.2, 0.25) is 0 Å².